The monoisotopic (exact) mass is 322 g/mol. The van der Waals surface area contributed by atoms with Crippen LogP contribution in [-0.4, -0.2) is 45.6 Å². The Hall–Kier alpha value is -1.52. The summed E-state index contributed by atoms with van der Waals surface area (Å²) >= 11 is 0.791. The molecule has 0 saturated carbocycles. The average Bonchev–Trinajstić information content (AvgIpc) is 2.88. The van der Waals surface area contributed by atoms with E-state index in [4.69, 9.17) is 0 Å². The fourth-order valence-electron chi connectivity index (χ4n) is 1.24. The van der Waals surface area contributed by atoms with Crippen molar-refractivity contribution >= 4 is 33.3 Å². The lowest BCUT2D eigenvalue weighted by Gasteiger charge is -2.05. The fraction of sp³-hybridized carbons (Fsp3) is 0.500. The number of esters is 2. The van der Waals surface area contributed by atoms with Crippen molar-refractivity contribution in [2.75, 3.05) is 20.3 Å². The van der Waals surface area contributed by atoms with Crippen LogP contribution in [0.3, 0.4) is 0 Å². The van der Waals surface area contributed by atoms with Crippen LogP contribution in [0.5, 0.6) is 0 Å². The van der Waals surface area contributed by atoms with Crippen LogP contribution in [0.1, 0.15) is 23.8 Å². The van der Waals surface area contributed by atoms with Gasteiger partial charge in [0.05, 0.1) is 25.6 Å². The van der Waals surface area contributed by atoms with Gasteiger partial charge >= 0.3 is 11.9 Å². The third kappa shape index (κ3) is 4.25. The van der Waals surface area contributed by atoms with Crippen molar-refractivity contribution in [3.8, 4) is 0 Å². The van der Waals surface area contributed by atoms with Crippen molar-refractivity contribution in [1.82, 2.24) is 9.71 Å². The molecule has 1 rings (SSSR count). The van der Waals surface area contributed by atoms with Gasteiger partial charge in [0.2, 0.25) is 0 Å². The molecule has 0 aliphatic heterocycles. The summed E-state index contributed by atoms with van der Waals surface area (Å²) < 4.78 is 35.0. The molecule has 1 aromatic heterocycles. The van der Waals surface area contributed by atoms with Crippen molar-refractivity contribution in [3.63, 3.8) is 0 Å². The molecule has 0 saturated heterocycles. The fourth-order valence-corrected chi connectivity index (χ4v) is 3.45. The summed E-state index contributed by atoms with van der Waals surface area (Å²) in [7, 11) is -2.78. The Labute approximate surface area is 120 Å². The highest BCUT2D eigenvalue weighted by atomic mass is 32.2. The smallest absolute Gasteiger partial charge is 0.358 e. The zero-order valence-electron chi connectivity index (χ0n) is 10.9. The number of methoxy groups -OCH3 is 1. The normalized spacial score (nSPS) is 11.1. The average molecular weight is 322 g/mol. The van der Waals surface area contributed by atoms with E-state index < -0.39 is 22.0 Å². The van der Waals surface area contributed by atoms with Crippen molar-refractivity contribution in [1.29, 1.82) is 0 Å². The summed E-state index contributed by atoms with van der Waals surface area (Å²) in [5, 5.41) is 0. The Balaban J connectivity index is 2.72. The van der Waals surface area contributed by atoms with Gasteiger partial charge < -0.3 is 9.47 Å². The molecule has 112 valence electrons. The van der Waals surface area contributed by atoms with Gasteiger partial charge in [-0.1, -0.05) is 0 Å². The molecule has 0 atom stereocenters. The Morgan fingerprint density at radius 1 is 1.45 bits per heavy atom. The van der Waals surface area contributed by atoms with E-state index in [-0.39, 0.29) is 29.5 Å². The molecule has 1 N–H and O–H groups in total. The number of sulfonamides is 1. The number of carbonyl (C=O) groups is 2. The highest BCUT2D eigenvalue weighted by molar-refractivity contribution is 7.91. The molecule has 0 bridgehead atoms. The Morgan fingerprint density at radius 2 is 2.15 bits per heavy atom. The SMILES string of the molecule is CCOC(=O)CCNS(=O)(=O)c1scnc1C(=O)OC. The molecule has 1 heterocycles. The molecule has 0 aliphatic rings. The maximum absolute atomic E-state index is 12.0. The zero-order chi connectivity index (χ0) is 15.2. The first-order valence-electron chi connectivity index (χ1n) is 5.59. The molecule has 20 heavy (non-hydrogen) atoms. The lowest BCUT2D eigenvalue weighted by atomic mass is 10.4. The van der Waals surface area contributed by atoms with Gasteiger partial charge in [0.15, 0.2) is 9.90 Å². The highest BCUT2D eigenvalue weighted by Crippen LogP contribution is 2.20. The number of aromatic nitrogens is 1. The second-order valence-corrected chi connectivity index (χ2v) is 6.25. The summed E-state index contributed by atoms with van der Waals surface area (Å²) in [5.74, 6) is -1.34. The largest absolute Gasteiger partial charge is 0.466 e. The number of nitrogens with one attached hydrogen (secondary N) is 1. The quantitative estimate of drug-likeness (QED) is 0.712. The van der Waals surface area contributed by atoms with Gasteiger partial charge in [-0.25, -0.2) is 22.9 Å². The molecular weight excluding hydrogens is 308 g/mol. The number of hydrogen-bond acceptors (Lipinski definition) is 8. The minimum atomic E-state index is -3.92. The molecule has 0 aromatic carbocycles. The molecule has 0 unspecified atom stereocenters. The van der Waals surface area contributed by atoms with E-state index in [9.17, 15) is 18.0 Å². The molecule has 0 spiro atoms. The van der Waals surface area contributed by atoms with Gasteiger partial charge in [-0.2, -0.15) is 0 Å². The second kappa shape index (κ2) is 7.31. The molecule has 1 aromatic rings. The first-order chi connectivity index (χ1) is 9.42. The standard InChI is InChI=1S/C10H14N2O6S2/c1-3-18-7(13)4-5-12-20(15,16)10-8(9(14)17-2)11-6-19-10/h6,12H,3-5H2,1-2H3. The number of hydrogen-bond donors (Lipinski definition) is 1. The number of carbonyl (C=O) groups excluding carboxylic acids is 2. The van der Waals surface area contributed by atoms with Crippen LogP contribution in [0, 0.1) is 0 Å². The van der Waals surface area contributed by atoms with E-state index in [2.05, 4.69) is 19.2 Å². The van der Waals surface area contributed by atoms with Crippen LogP contribution in [0.15, 0.2) is 9.72 Å². The van der Waals surface area contributed by atoms with Crippen LogP contribution in [0.2, 0.25) is 0 Å². The van der Waals surface area contributed by atoms with Crippen LogP contribution >= 0.6 is 11.3 Å². The lowest BCUT2D eigenvalue weighted by molar-refractivity contribution is -0.142. The zero-order valence-corrected chi connectivity index (χ0v) is 12.5. The Bertz CT molecular complexity index is 580. The highest BCUT2D eigenvalue weighted by Gasteiger charge is 2.26. The predicted octanol–water partition coefficient (Wildman–Crippen LogP) is 0.161. The van der Waals surface area contributed by atoms with Gasteiger partial charge in [0.25, 0.3) is 10.0 Å². The third-order valence-electron chi connectivity index (χ3n) is 2.08. The molecule has 0 amide bonds. The van der Waals surface area contributed by atoms with Gasteiger partial charge in [0, 0.05) is 6.54 Å². The van der Waals surface area contributed by atoms with Crippen molar-refractivity contribution < 1.29 is 27.5 Å². The van der Waals surface area contributed by atoms with Crippen LogP contribution in [0.25, 0.3) is 0 Å². The lowest BCUT2D eigenvalue weighted by Crippen LogP contribution is -2.27. The minimum Gasteiger partial charge on any atom is -0.466 e. The number of rotatable bonds is 7. The minimum absolute atomic E-state index is 0.0978. The molecule has 0 radical (unpaired) electrons. The Morgan fingerprint density at radius 3 is 2.75 bits per heavy atom. The topological polar surface area (TPSA) is 112 Å². The van der Waals surface area contributed by atoms with Gasteiger partial charge in [0.1, 0.15) is 0 Å². The van der Waals surface area contributed by atoms with E-state index in [0.717, 1.165) is 18.4 Å². The molecule has 10 heteroatoms. The van der Waals surface area contributed by atoms with Crippen LogP contribution < -0.4 is 4.72 Å². The predicted molar refractivity (Wildman–Crippen MR) is 69.9 cm³/mol. The maximum Gasteiger partial charge on any atom is 0.358 e. The van der Waals surface area contributed by atoms with Gasteiger partial charge in [-0.05, 0) is 6.92 Å². The number of nitrogens with zero attached hydrogens (tertiary/aromatic N) is 1. The van der Waals surface area contributed by atoms with Crippen molar-refractivity contribution in [2.24, 2.45) is 0 Å². The first kappa shape index (κ1) is 16.5. The van der Waals surface area contributed by atoms with Gasteiger partial charge in [-0.3, -0.25) is 4.79 Å². The van der Waals surface area contributed by atoms with E-state index in [1.807, 2.05) is 0 Å². The summed E-state index contributed by atoms with van der Waals surface area (Å²) in [4.78, 5) is 26.1. The van der Waals surface area contributed by atoms with E-state index >= 15 is 0 Å². The van der Waals surface area contributed by atoms with E-state index in [0.29, 0.717) is 0 Å². The first-order valence-corrected chi connectivity index (χ1v) is 7.95. The number of thiazole rings is 1. The molecule has 8 nitrogen and oxygen atoms in total. The van der Waals surface area contributed by atoms with Crippen molar-refractivity contribution in [2.45, 2.75) is 17.6 Å². The number of ether oxygens (including phenoxy) is 2. The van der Waals surface area contributed by atoms with Gasteiger partial charge in [-0.15, -0.1) is 11.3 Å². The summed E-state index contributed by atoms with van der Waals surface area (Å²) in [5.41, 5.74) is 0.952. The van der Waals surface area contributed by atoms with E-state index in [1.54, 1.807) is 6.92 Å². The molecule has 0 fully saturated rings. The maximum atomic E-state index is 12.0. The summed E-state index contributed by atoms with van der Waals surface area (Å²) in [6, 6.07) is 0. The van der Waals surface area contributed by atoms with Crippen LogP contribution in [-0.2, 0) is 24.3 Å². The third-order valence-corrected chi connectivity index (χ3v) is 4.92. The van der Waals surface area contributed by atoms with E-state index in [1.165, 1.54) is 5.51 Å². The molecule has 0 aliphatic carbocycles. The van der Waals surface area contributed by atoms with Crippen LogP contribution in [0.4, 0.5) is 0 Å². The summed E-state index contributed by atoms with van der Waals surface area (Å²) in [6.07, 6.45) is -0.0978. The second-order valence-electron chi connectivity index (χ2n) is 3.43. The van der Waals surface area contributed by atoms with Crippen molar-refractivity contribution in [3.05, 3.63) is 11.2 Å². The molecular formula is C10H14N2O6S2. The Kier molecular flexibility index (Phi) is 6.05. The summed E-state index contributed by atoms with van der Waals surface area (Å²) in [6.45, 7) is 1.76.